The number of nitrogens with zero attached hydrogens (tertiary/aromatic N) is 1. The molecule has 0 fully saturated rings. The Balaban J connectivity index is 1.84. The largest absolute Gasteiger partial charge is 0.481 e. The molecule has 1 heterocycles. The highest BCUT2D eigenvalue weighted by atomic mass is 16.6. The lowest BCUT2D eigenvalue weighted by atomic mass is 10.0. The number of primary amides is 1. The summed E-state index contributed by atoms with van der Waals surface area (Å²) in [5.74, 6) is -5.58. The second-order valence-corrected chi connectivity index (χ2v) is 14.3. The van der Waals surface area contributed by atoms with Crippen LogP contribution in [0, 0.1) is 5.92 Å². The van der Waals surface area contributed by atoms with Gasteiger partial charge in [0.1, 0.15) is 24.7 Å². The lowest BCUT2D eigenvalue weighted by Gasteiger charge is -2.27. The number of nitrogens with one attached hydrogen (secondary N) is 5. The number of urea groups is 1. The molecule has 2 rings (SSSR count). The van der Waals surface area contributed by atoms with Crippen molar-refractivity contribution in [2.45, 2.75) is 84.0 Å². The van der Waals surface area contributed by atoms with E-state index in [1.807, 2.05) is 0 Å². The van der Waals surface area contributed by atoms with Crippen molar-refractivity contribution in [2.24, 2.45) is 11.7 Å². The number of carbonyl (C=O) groups excluding carboxylic acids is 8. The Morgan fingerprint density at radius 1 is 0.714 bits per heavy atom. The first-order chi connectivity index (χ1) is 30.1. The Morgan fingerprint density at radius 3 is 1.84 bits per heavy atom. The van der Waals surface area contributed by atoms with Crippen molar-refractivity contribution in [3.05, 3.63) is 42.0 Å². The summed E-state index contributed by atoms with van der Waals surface area (Å²) in [4.78, 5) is 112. The molecule has 0 aliphatic carbocycles. The van der Waals surface area contributed by atoms with Crippen molar-refractivity contribution in [1.29, 1.82) is 0 Å². The van der Waals surface area contributed by atoms with Gasteiger partial charge in [0.2, 0.25) is 23.6 Å². The average molecular weight is 892 g/mol. The Labute approximate surface area is 365 Å². The summed E-state index contributed by atoms with van der Waals surface area (Å²) in [6.45, 7) is 6.89. The molecule has 0 bridgehead atoms. The van der Waals surface area contributed by atoms with Gasteiger partial charge in [-0.2, -0.15) is 0 Å². The number of carboxylic acids is 1. The van der Waals surface area contributed by atoms with Crippen molar-refractivity contribution in [3.63, 3.8) is 0 Å². The zero-order valence-electron chi connectivity index (χ0n) is 36.0. The number of imide groups is 1. The van der Waals surface area contributed by atoms with Crippen LogP contribution in [0.2, 0.25) is 0 Å². The van der Waals surface area contributed by atoms with Crippen molar-refractivity contribution in [1.82, 2.24) is 26.2 Å². The maximum absolute atomic E-state index is 13.7. The highest BCUT2D eigenvalue weighted by Crippen LogP contribution is 2.13. The van der Waals surface area contributed by atoms with E-state index in [1.54, 1.807) is 45.0 Å². The first-order valence-corrected chi connectivity index (χ1v) is 20.7. The van der Waals surface area contributed by atoms with Gasteiger partial charge in [0.05, 0.1) is 59.4 Å². The number of hydrogen-bond donors (Lipinski definition) is 7. The van der Waals surface area contributed by atoms with Crippen LogP contribution >= 0.6 is 0 Å². The van der Waals surface area contributed by atoms with Gasteiger partial charge in [0, 0.05) is 43.6 Å². The van der Waals surface area contributed by atoms with E-state index in [4.69, 9.17) is 29.4 Å². The number of ether oxygens (including phenoxy) is 5. The Bertz CT molecular complexity index is 1690. The van der Waals surface area contributed by atoms with Crippen LogP contribution < -0.4 is 32.3 Å². The molecule has 1 aliphatic heterocycles. The SMILES string of the molecule is CCC(=O)OCc1ccc(NC(=O)[C@H](CCCNC(N)=O)NC(=O)[C@@H](NC(=O)[C@H](CCC(=O)O)NC(=O)CCOCCOCCOCCOCCN2C(=O)C=CC2=O)C(C)C)cc1. The number of nitrogens with two attached hydrogens (primary N) is 1. The van der Waals surface area contributed by atoms with Crippen LogP contribution in [0.4, 0.5) is 10.5 Å². The van der Waals surface area contributed by atoms with Crippen LogP contribution in [-0.4, -0.2) is 147 Å². The van der Waals surface area contributed by atoms with Gasteiger partial charge in [-0.25, -0.2) is 4.79 Å². The predicted octanol–water partition coefficient (Wildman–Crippen LogP) is -0.116. The first kappa shape index (κ1) is 53.2. The molecule has 0 radical (unpaired) electrons. The summed E-state index contributed by atoms with van der Waals surface area (Å²) in [6.07, 6.45) is 2.04. The number of anilines is 1. The molecule has 350 valence electrons. The molecule has 0 unspecified atom stereocenters. The summed E-state index contributed by atoms with van der Waals surface area (Å²) >= 11 is 0. The predicted molar refractivity (Wildman–Crippen MR) is 223 cm³/mol. The lowest BCUT2D eigenvalue weighted by Crippen LogP contribution is -2.58. The standard InChI is InChI=1S/C41H61N7O15/c1-4-36(54)63-26-28-7-9-29(10-8-28)44-38(55)30(6-5-16-43-41(42)58)46-40(57)37(27(2)3)47-39(56)31(11-14-35(52)53)45-32(49)15-18-59-20-22-61-24-25-62-23-21-60-19-17-48-33(50)12-13-34(48)51/h7-10,12-13,27,30-31,37H,4-6,11,14-26H2,1-3H3,(H,44,55)(H,45,49)(H,46,57)(H,47,56)(H,52,53)(H3,42,43,58)/t30-,31-,37-/m0/s1. The topological polar surface area (TPSA) is 309 Å². The highest BCUT2D eigenvalue weighted by molar-refractivity contribution is 6.12. The molecule has 22 nitrogen and oxygen atoms in total. The zero-order chi connectivity index (χ0) is 46.6. The fourth-order valence-electron chi connectivity index (χ4n) is 5.55. The summed E-state index contributed by atoms with van der Waals surface area (Å²) < 4.78 is 26.7. The zero-order valence-corrected chi connectivity index (χ0v) is 36.0. The van der Waals surface area contributed by atoms with Crippen LogP contribution in [0.5, 0.6) is 0 Å². The normalized spacial score (nSPS) is 13.6. The van der Waals surface area contributed by atoms with Crippen LogP contribution in [0.15, 0.2) is 36.4 Å². The summed E-state index contributed by atoms with van der Waals surface area (Å²) in [5.41, 5.74) is 6.22. The third-order valence-electron chi connectivity index (χ3n) is 9.01. The first-order valence-electron chi connectivity index (χ1n) is 20.7. The van der Waals surface area contributed by atoms with Gasteiger partial charge < -0.3 is 61.1 Å². The molecule has 0 saturated carbocycles. The second-order valence-electron chi connectivity index (χ2n) is 14.3. The van der Waals surface area contributed by atoms with Crippen molar-refractivity contribution in [3.8, 4) is 0 Å². The van der Waals surface area contributed by atoms with E-state index in [-0.39, 0.29) is 122 Å². The number of carbonyl (C=O) groups is 9. The Kier molecular flexibility index (Phi) is 25.4. The number of rotatable bonds is 33. The number of hydrogen-bond acceptors (Lipinski definition) is 14. The number of carboxylic acid groups (broad SMARTS) is 1. The van der Waals surface area contributed by atoms with Crippen LogP contribution in [0.1, 0.15) is 64.9 Å². The van der Waals surface area contributed by atoms with Gasteiger partial charge in [-0.3, -0.25) is 43.3 Å². The minimum atomic E-state index is -1.32. The number of benzene rings is 1. The molecule has 22 heteroatoms. The van der Waals surface area contributed by atoms with E-state index < -0.39 is 66.1 Å². The molecule has 1 aromatic rings. The highest BCUT2D eigenvalue weighted by Gasteiger charge is 2.32. The monoisotopic (exact) mass is 891 g/mol. The minimum absolute atomic E-state index is 0.0328. The Hall–Kier alpha value is -5.97. The molecule has 0 spiro atoms. The molecule has 63 heavy (non-hydrogen) atoms. The quantitative estimate of drug-likeness (QED) is 0.0275. The molecule has 8 amide bonds. The molecule has 8 N–H and O–H groups in total. The minimum Gasteiger partial charge on any atom is -0.481 e. The van der Waals surface area contributed by atoms with Gasteiger partial charge in [-0.15, -0.1) is 0 Å². The fraction of sp³-hybridized carbons (Fsp3) is 0.585. The summed E-state index contributed by atoms with van der Waals surface area (Å²) in [7, 11) is 0. The maximum atomic E-state index is 13.7. The van der Waals surface area contributed by atoms with E-state index in [2.05, 4.69) is 26.6 Å². The molecule has 1 aromatic carbocycles. The molecular weight excluding hydrogens is 830 g/mol. The second kappa shape index (κ2) is 30.1. The summed E-state index contributed by atoms with van der Waals surface area (Å²) in [6, 6.07) is 2.07. The van der Waals surface area contributed by atoms with Crippen LogP contribution in [-0.2, 0) is 68.6 Å². The third kappa shape index (κ3) is 22.6. The van der Waals surface area contributed by atoms with E-state index in [0.29, 0.717) is 11.3 Å². The summed E-state index contributed by atoms with van der Waals surface area (Å²) in [5, 5.41) is 22.2. The van der Waals surface area contributed by atoms with Gasteiger partial charge in [-0.1, -0.05) is 32.9 Å². The number of esters is 1. The Morgan fingerprint density at radius 2 is 1.29 bits per heavy atom. The molecular formula is C41H61N7O15. The number of amides is 8. The fourth-order valence-corrected chi connectivity index (χ4v) is 5.55. The molecule has 0 saturated heterocycles. The van der Waals surface area contributed by atoms with E-state index in [0.717, 1.165) is 4.90 Å². The van der Waals surface area contributed by atoms with Crippen molar-refractivity contribution in [2.75, 3.05) is 71.3 Å². The van der Waals surface area contributed by atoms with Crippen molar-refractivity contribution < 1.29 is 71.9 Å². The van der Waals surface area contributed by atoms with Gasteiger partial charge in [-0.05, 0) is 42.9 Å². The molecule has 1 aliphatic rings. The van der Waals surface area contributed by atoms with Gasteiger partial charge in [0.15, 0.2) is 0 Å². The van der Waals surface area contributed by atoms with E-state index in [1.165, 1.54) is 12.2 Å². The van der Waals surface area contributed by atoms with Gasteiger partial charge >= 0.3 is 18.0 Å². The lowest BCUT2D eigenvalue weighted by molar-refractivity contribution is -0.144. The van der Waals surface area contributed by atoms with E-state index >= 15 is 0 Å². The van der Waals surface area contributed by atoms with Gasteiger partial charge in [0.25, 0.3) is 11.8 Å². The maximum Gasteiger partial charge on any atom is 0.312 e. The van der Waals surface area contributed by atoms with Crippen molar-refractivity contribution >= 4 is 59.1 Å². The molecule has 3 atom stereocenters. The molecule has 0 aromatic heterocycles. The third-order valence-corrected chi connectivity index (χ3v) is 9.01. The van der Waals surface area contributed by atoms with Crippen LogP contribution in [0.3, 0.4) is 0 Å². The van der Waals surface area contributed by atoms with E-state index in [9.17, 15) is 48.3 Å². The average Bonchev–Trinajstić information content (AvgIpc) is 3.56. The van der Waals surface area contributed by atoms with Crippen LogP contribution in [0.25, 0.3) is 0 Å². The number of aliphatic carboxylic acids is 1. The smallest absolute Gasteiger partial charge is 0.312 e.